The number of nitrogens with zero attached hydrogens (tertiary/aromatic N) is 2. The van der Waals surface area contributed by atoms with Gasteiger partial charge in [-0.2, -0.15) is 0 Å². The summed E-state index contributed by atoms with van der Waals surface area (Å²) in [5, 5.41) is 9.40. The molecule has 5 heteroatoms. The Morgan fingerprint density at radius 2 is 2.42 bits per heavy atom. The van der Waals surface area contributed by atoms with Crippen LogP contribution in [0.3, 0.4) is 0 Å². The van der Waals surface area contributed by atoms with Crippen LogP contribution in [0.2, 0.25) is 0 Å². The number of piperidine rings is 1. The van der Waals surface area contributed by atoms with Crippen molar-refractivity contribution >= 4 is 5.97 Å². The van der Waals surface area contributed by atoms with Crippen LogP contribution in [0.25, 0.3) is 0 Å². The molecule has 2 heterocycles. The molecule has 2 atom stereocenters. The molecular weight excluding hydrogens is 244 g/mol. The molecule has 2 rings (SSSR count). The topological polar surface area (TPSA) is 62.7 Å². The van der Waals surface area contributed by atoms with E-state index >= 15 is 0 Å². The summed E-state index contributed by atoms with van der Waals surface area (Å²) in [4.78, 5) is 17.6. The molecule has 1 aromatic rings. The number of carbonyl (C=O) groups is 1. The summed E-state index contributed by atoms with van der Waals surface area (Å²) in [6, 6.07) is 3.36. The number of aliphatic carboxylic acids is 1. The highest BCUT2D eigenvalue weighted by atomic mass is 16.5. The van der Waals surface area contributed by atoms with Crippen LogP contribution in [0.1, 0.15) is 25.3 Å². The summed E-state index contributed by atoms with van der Waals surface area (Å²) in [6.07, 6.45) is 3.68. The van der Waals surface area contributed by atoms with E-state index in [1.165, 1.54) is 0 Å². The van der Waals surface area contributed by atoms with E-state index in [4.69, 9.17) is 4.74 Å². The van der Waals surface area contributed by atoms with Gasteiger partial charge in [-0.15, -0.1) is 0 Å². The number of likely N-dealkylation sites (tertiary alicyclic amines) is 1. The number of hydrogen-bond acceptors (Lipinski definition) is 4. The fourth-order valence-corrected chi connectivity index (χ4v) is 2.80. The molecule has 0 saturated carbocycles. The first-order valence-electron chi connectivity index (χ1n) is 6.58. The van der Waals surface area contributed by atoms with Crippen molar-refractivity contribution < 1.29 is 14.6 Å². The van der Waals surface area contributed by atoms with Crippen LogP contribution in [0.5, 0.6) is 5.88 Å². The lowest BCUT2D eigenvalue weighted by molar-refractivity contribution is -0.147. The zero-order chi connectivity index (χ0) is 13.8. The highest BCUT2D eigenvalue weighted by Crippen LogP contribution is 2.26. The van der Waals surface area contributed by atoms with Gasteiger partial charge < -0.3 is 9.84 Å². The minimum atomic E-state index is -0.741. The van der Waals surface area contributed by atoms with Gasteiger partial charge in [-0.1, -0.05) is 13.0 Å². The molecular formula is C14H20N2O3. The fourth-order valence-electron chi connectivity index (χ4n) is 2.80. The summed E-state index contributed by atoms with van der Waals surface area (Å²) in [6.45, 7) is 3.38. The maximum Gasteiger partial charge on any atom is 0.321 e. The number of aromatic nitrogens is 1. The molecule has 1 aromatic heterocycles. The standard InChI is InChI=1S/C14H20N2O3/c1-10-5-4-8-16(12(10)14(17)18)9-11-6-3-7-15-13(11)19-2/h3,6-7,10,12H,4-5,8-9H2,1-2H3,(H,17,18). The molecule has 0 bridgehead atoms. The smallest absolute Gasteiger partial charge is 0.321 e. The Kier molecular flexibility index (Phi) is 4.37. The normalized spacial score (nSPS) is 24.1. The Hall–Kier alpha value is -1.62. The molecule has 19 heavy (non-hydrogen) atoms. The van der Waals surface area contributed by atoms with Crippen molar-refractivity contribution in [3.8, 4) is 5.88 Å². The molecule has 1 aliphatic rings. The van der Waals surface area contributed by atoms with Crippen LogP contribution >= 0.6 is 0 Å². The van der Waals surface area contributed by atoms with E-state index in [0.717, 1.165) is 24.9 Å². The summed E-state index contributed by atoms with van der Waals surface area (Å²) >= 11 is 0. The SMILES string of the molecule is COc1ncccc1CN1CCCC(C)C1C(=O)O. The lowest BCUT2D eigenvalue weighted by Gasteiger charge is -2.37. The van der Waals surface area contributed by atoms with Crippen molar-refractivity contribution in [2.45, 2.75) is 32.4 Å². The van der Waals surface area contributed by atoms with E-state index < -0.39 is 12.0 Å². The zero-order valence-corrected chi connectivity index (χ0v) is 11.4. The molecule has 104 valence electrons. The van der Waals surface area contributed by atoms with E-state index in [0.29, 0.717) is 12.4 Å². The van der Waals surface area contributed by atoms with Gasteiger partial charge in [-0.05, 0) is 31.4 Å². The van der Waals surface area contributed by atoms with Gasteiger partial charge in [-0.3, -0.25) is 9.69 Å². The Morgan fingerprint density at radius 1 is 1.63 bits per heavy atom. The van der Waals surface area contributed by atoms with E-state index in [1.54, 1.807) is 13.3 Å². The first-order valence-corrected chi connectivity index (χ1v) is 6.58. The maximum atomic E-state index is 11.4. The predicted octanol–water partition coefficient (Wildman–Crippen LogP) is 1.78. The summed E-state index contributed by atoms with van der Waals surface area (Å²) in [5.41, 5.74) is 0.936. The van der Waals surface area contributed by atoms with Gasteiger partial charge in [0.05, 0.1) is 7.11 Å². The van der Waals surface area contributed by atoms with Crippen molar-refractivity contribution in [3.63, 3.8) is 0 Å². The molecule has 1 fully saturated rings. The molecule has 0 radical (unpaired) electrons. The zero-order valence-electron chi connectivity index (χ0n) is 11.4. The fraction of sp³-hybridized carbons (Fsp3) is 0.571. The van der Waals surface area contributed by atoms with E-state index in [9.17, 15) is 9.90 Å². The molecule has 1 N–H and O–H groups in total. The van der Waals surface area contributed by atoms with Gasteiger partial charge in [-0.25, -0.2) is 4.98 Å². The molecule has 1 aliphatic heterocycles. The number of pyridine rings is 1. The lowest BCUT2D eigenvalue weighted by Crippen LogP contribution is -2.48. The third-order valence-electron chi connectivity index (χ3n) is 3.71. The van der Waals surface area contributed by atoms with Gasteiger partial charge >= 0.3 is 5.97 Å². The molecule has 0 spiro atoms. The lowest BCUT2D eigenvalue weighted by atomic mass is 9.90. The quantitative estimate of drug-likeness (QED) is 0.898. The largest absolute Gasteiger partial charge is 0.481 e. The molecule has 5 nitrogen and oxygen atoms in total. The summed E-state index contributed by atoms with van der Waals surface area (Å²) < 4.78 is 5.22. The second kappa shape index (κ2) is 6.02. The maximum absolute atomic E-state index is 11.4. The number of methoxy groups -OCH3 is 1. The van der Waals surface area contributed by atoms with Crippen molar-refractivity contribution in [2.75, 3.05) is 13.7 Å². The van der Waals surface area contributed by atoms with Gasteiger partial charge in [0.2, 0.25) is 5.88 Å². The number of carboxylic acid groups (broad SMARTS) is 1. The minimum absolute atomic E-state index is 0.175. The molecule has 0 aromatic carbocycles. The summed E-state index contributed by atoms with van der Waals surface area (Å²) in [7, 11) is 1.58. The number of carboxylic acids is 1. The number of rotatable bonds is 4. The van der Waals surface area contributed by atoms with E-state index in [-0.39, 0.29) is 5.92 Å². The van der Waals surface area contributed by atoms with Crippen LogP contribution in [-0.4, -0.2) is 40.7 Å². The van der Waals surface area contributed by atoms with Crippen molar-refractivity contribution in [2.24, 2.45) is 5.92 Å². The van der Waals surface area contributed by atoms with E-state index in [2.05, 4.69) is 4.98 Å². The minimum Gasteiger partial charge on any atom is -0.481 e. The average Bonchev–Trinajstić information content (AvgIpc) is 2.39. The second-order valence-corrected chi connectivity index (χ2v) is 5.04. The molecule has 0 aliphatic carbocycles. The van der Waals surface area contributed by atoms with Crippen LogP contribution in [0.4, 0.5) is 0 Å². The Morgan fingerprint density at radius 3 is 3.11 bits per heavy atom. The number of hydrogen-bond donors (Lipinski definition) is 1. The highest BCUT2D eigenvalue weighted by molar-refractivity contribution is 5.74. The van der Waals surface area contributed by atoms with Gasteiger partial charge in [0.25, 0.3) is 0 Å². The van der Waals surface area contributed by atoms with Crippen LogP contribution in [-0.2, 0) is 11.3 Å². The van der Waals surface area contributed by atoms with Crippen molar-refractivity contribution in [3.05, 3.63) is 23.9 Å². The van der Waals surface area contributed by atoms with Gasteiger partial charge in [0, 0.05) is 18.3 Å². The Balaban J connectivity index is 2.18. The Bertz CT molecular complexity index is 450. The molecule has 2 unspecified atom stereocenters. The van der Waals surface area contributed by atoms with Gasteiger partial charge in [0.1, 0.15) is 6.04 Å². The van der Waals surface area contributed by atoms with Gasteiger partial charge in [0.15, 0.2) is 0 Å². The number of ether oxygens (including phenoxy) is 1. The monoisotopic (exact) mass is 264 g/mol. The van der Waals surface area contributed by atoms with Crippen LogP contribution in [0, 0.1) is 5.92 Å². The molecule has 1 saturated heterocycles. The third-order valence-corrected chi connectivity index (χ3v) is 3.71. The Labute approximate surface area is 113 Å². The molecule has 0 amide bonds. The first kappa shape index (κ1) is 13.8. The van der Waals surface area contributed by atoms with Crippen molar-refractivity contribution in [1.29, 1.82) is 0 Å². The summed E-state index contributed by atoms with van der Waals surface area (Å²) in [5.74, 6) is 0.00818. The van der Waals surface area contributed by atoms with Crippen LogP contribution in [0.15, 0.2) is 18.3 Å². The third kappa shape index (κ3) is 3.04. The van der Waals surface area contributed by atoms with Crippen molar-refractivity contribution in [1.82, 2.24) is 9.88 Å². The van der Waals surface area contributed by atoms with Crippen LogP contribution < -0.4 is 4.74 Å². The average molecular weight is 264 g/mol. The second-order valence-electron chi connectivity index (χ2n) is 5.04. The highest BCUT2D eigenvalue weighted by Gasteiger charge is 2.34. The predicted molar refractivity (Wildman–Crippen MR) is 71.0 cm³/mol. The van der Waals surface area contributed by atoms with E-state index in [1.807, 2.05) is 24.0 Å². The first-order chi connectivity index (χ1) is 9.13.